The molecule has 1 aliphatic heterocycles. The normalized spacial score (nSPS) is 17.2. The summed E-state index contributed by atoms with van der Waals surface area (Å²) in [7, 11) is 0. The Hall–Kier alpha value is -3.10. The first-order chi connectivity index (χ1) is 12.1. The monoisotopic (exact) mass is 342 g/mol. The van der Waals surface area contributed by atoms with Gasteiger partial charge in [-0.2, -0.15) is 4.98 Å². The first-order valence-electron chi connectivity index (χ1n) is 7.88. The van der Waals surface area contributed by atoms with Gasteiger partial charge >= 0.3 is 0 Å². The summed E-state index contributed by atoms with van der Waals surface area (Å²) in [4.78, 5) is 18.2. The van der Waals surface area contributed by atoms with Crippen LogP contribution in [0.2, 0.25) is 0 Å². The van der Waals surface area contributed by atoms with Gasteiger partial charge < -0.3 is 9.42 Å². The van der Waals surface area contributed by atoms with E-state index in [0.29, 0.717) is 36.9 Å². The summed E-state index contributed by atoms with van der Waals surface area (Å²) < 4.78 is 20.6. The summed E-state index contributed by atoms with van der Waals surface area (Å²) in [6.07, 6.45) is 2.43. The maximum atomic E-state index is 13.8. The van der Waals surface area contributed by atoms with Gasteiger partial charge in [-0.15, -0.1) is 5.10 Å². The molecule has 0 saturated carbocycles. The number of rotatable bonds is 3. The van der Waals surface area contributed by atoms with Crippen molar-refractivity contribution >= 4 is 5.91 Å². The minimum atomic E-state index is -0.509. The van der Waals surface area contributed by atoms with E-state index in [1.54, 1.807) is 34.8 Å². The molecule has 0 radical (unpaired) electrons. The molecule has 4 rings (SSSR count). The van der Waals surface area contributed by atoms with Gasteiger partial charge in [-0.3, -0.25) is 4.79 Å². The Bertz CT molecular complexity index is 921. The van der Waals surface area contributed by atoms with Crippen molar-refractivity contribution in [1.82, 2.24) is 30.0 Å². The van der Waals surface area contributed by atoms with Crippen molar-refractivity contribution in [2.24, 2.45) is 0 Å². The van der Waals surface area contributed by atoms with Gasteiger partial charge in [-0.05, 0) is 25.5 Å². The summed E-state index contributed by atoms with van der Waals surface area (Å²) in [5.41, 5.74) is 0.572. The van der Waals surface area contributed by atoms with E-state index in [1.165, 1.54) is 12.1 Å². The maximum Gasteiger partial charge on any atom is 0.280 e. The average molecular weight is 342 g/mol. The van der Waals surface area contributed by atoms with Gasteiger partial charge in [0, 0.05) is 13.1 Å². The van der Waals surface area contributed by atoms with Crippen molar-refractivity contribution in [2.75, 3.05) is 13.1 Å². The van der Waals surface area contributed by atoms with Gasteiger partial charge in [0.2, 0.25) is 0 Å². The number of carbonyl (C=O) groups excluding carboxylic acids is 1. The van der Waals surface area contributed by atoms with E-state index in [4.69, 9.17) is 4.52 Å². The smallest absolute Gasteiger partial charge is 0.280 e. The molecule has 0 spiro atoms. The van der Waals surface area contributed by atoms with E-state index in [9.17, 15) is 9.18 Å². The maximum absolute atomic E-state index is 13.8. The van der Waals surface area contributed by atoms with Crippen LogP contribution in [0.5, 0.6) is 0 Å². The van der Waals surface area contributed by atoms with E-state index in [0.717, 1.165) is 0 Å². The van der Waals surface area contributed by atoms with E-state index in [1.807, 2.05) is 0 Å². The number of aromatic nitrogens is 5. The quantitative estimate of drug-likeness (QED) is 0.722. The van der Waals surface area contributed by atoms with Gasteiger partial charge in [0.15, 0.2) is 11.5 Å². The molecule has 0 aliphatic carbocycles. The van der Waals surface area contributed by atoms with E-state index in [-0.39, 0.29) is 17.5 Å². The number of halogens is 1. The molecule has 2 aromatic heterocycles. The summed E-state index contributed by atoms with van der Waals surface area (Å²) in [5, 5.41) is 11.9. The average Bonchev–Trinajstić information content (AvgIpc) is 3.34. The fourth-order valence-electron chi connectivity index (χ4n) is 2.90. The molecule has 128 valence electrons. The predicted octanol–water partition coefficient (Wildman–Crippen LogP) is 1.86. The van der Waals surface area contributed by atoms with Crippen LogP contribution in [0, 0.1) is 12.7 Å². The highest BCUT2D eigenvalue weighted by molar-refractivity contribution is 5.94. The summed E-state index contributed by atoms with van der Waals surface area (Å²) in [5.74, 6) is 0.00679. The number of nitrogens with zero attached hydrogens (tertiary/aromatic N) is 6. The first-order valence-corrected chi connectivity index (χ1v) is 7.88. The third-order valence-corrected chi connectivity index (χ3v) is 4.19. The predicted molar refractivity (Wildman–Crippen MR) is 84.0 cm³/mol. The largest absolute Gasteiger partial charge is 0.336 e. The molecule has 3 aromatic rings. The number of benzene rings is 1. The van der Waals surface area contributed by atoms with Crippen molar-refractivity contribution in [1.29, 1.82) is 0 Å². The van der Waals surface area contributed by atoms with Crippen LogP contribution in [0.25, 0.3) is 11.6 Å². The highest BCUT2D eigenvalue weighted by Gasteiger charge is 2.30. The van der Waals surface area contributed by atoms with Crippen LogP contribution < -0.4 is 0 Å². The Morgan fingerprint density at radius 3 is 2.96 bits per heavy atom. The van der Waals surface area contributed by atoms with E-state index in [2.05, 4.69) is 20.5 Å². The Balaban J connectivity index is 1.49. The lowest BCUT2D eigenvalue weighted by molar-refractivity contribution is 0.0782. The molecule has 3 heterocycles. The van der Waals surface area contributed by atoms with Crippen molar-refractivity contribution in [3.05, 3.63) is 47.7 Å². The molecular weight excluding hydrogens is 327 g/mol. The molecule has 1 fully saturated rings. The minimum Gasteiger partial charge on any atom is -0.336 e. The standard InChI is InChI=1S/C16H15FN6O2/c1-10-18-15(25-20-10)14-9-23(21-19-14)11-6-7-22(8-11)16(24)12-4-2-3-5-13(12)17/h2-5,9,11H,6-8H2,1H3. The Morgan fingerprint density at radius 2 is 2.20 bits per heavy atom. The number of hydrogen-bond acceptors (Lipinski definition) is 6. The van der Waals surface area contributed by atoms with Crippen molar-refractivity contribution in [3.8, 4) is 11.6 Å². The molecule has 0 N–H and O–H groups in total. The van der Waals surface area contributed by atoms with Crippen LogP contribution >= 0.6 is 0 Å². The van der Waals surface area contributed by atoms with Gasteiger partial charge in [0.05, 0.1) is 17.8 Å². The number of amides is 1. The highest BCUT2D eigenvalue weighted by atomic mass is 19.1. The second-order valence-electron chi connectivity index (χ2n) is 5.90. The van der Waals surface area contributed by atoms with Crippen molar-refractivity contribution < 1.29 is 13.7 Å². The van der Waals surface area contributed by atoms with Crippen molar-refractivity contribution in [3.63, 3.8) is 0 Å². The van der Waals surface area contributed by atoms with Gasteiger partial charge in [0.1, 0.15) is 5.82 Å². The zero-order valence-corrected chi connectivity index (χ0v) is 13.5. The van der Waals surface area contributed by atoms with Crippen LogP contribution in [-0.2, 0) is 0 Å². The summed E-state index contributed by atoms with van der Waals surface area (Å²) in [6.45, 7) is 2.70. The fraction of sp³-hybridized carbons (Fsp3) is 0.312. The van der Waals surface area contributed by atoms with Gasteiger partial charge in [0.25, 0.3) is 11.8 Å². The lowest BCUT2D eigenvalue weighted by Gasteiger charge is -2.16. The zero-order valence-electron chi connectivity index (χ0n) is 13.5. The highest BCUT2D eigenvalue weighted by Crippen LogP contribution is 2.24. The molecule has 0 bridgehead atoms. The fourth-order valence-corrected chi connectivity index (χ4v) is 2.90. The SMILES string of the molecule is Cc1noc(-c2cn(C3CCN(C(=O)c4ccccc4F)C3)nn2)n1. The molecule has 8 nitrogen and oxygen atoms in total. The number of aryl methyl sites for hydroxylation is 1. The Kier molecular flexibility index (Phi) is 3.75. The van der Waals surface area contributed by atoms with Crippen LogP contribution in [0.4, 0.5) is 4.39 Å². The molecule has 1 saturated heterocycles. The second-order valence-corrected chi connectivity index (χ2v) is 5.90. The minimum absolute atomic E-state index is 0.0269. The van der Waals surface area contributed by atoms with E-state index < -0.39 is 5.82 Å². The second kappa shape index (κ2) is 6.08. The molecule has 1 unspecified atom stereocenters. The molecule has 9 heteroatoms. The van der Waals surface area contributed by atoms with Crippen LogP contribution in [0.1, 0.15) is 28.6 Å². The lowest BCUT2D eigenvalue weighted by atomic mass is 10.2. The van der Waals surface area contributed by atoms with Gasteiger partial charge in [-0.25, -0.2) is 9.07 Å². The number of likely N-dealkylation sites (tertiary alicyclic amines) is 1. The third-order valence-electron chi connectivity index (χ3n) is 4.19. The number of hydrogen-bond donors (Lipinski definition) is 0. The third kappa shape index (κ3) is 2.88. The van der Waals surface area contributed by atoms with Crippen molar-refractivity contribution in [2.45, 2.75) is 19.4 Å². The van der Waals surface area contributed by atoms with Gasteiger partial charge in [-0.1, -0.05) is 22.5 Å². The number of carbonyl (C=O) groups is 1. The molecule has 1 aliphatic rings. The first kappa shape index (κ1) is 15.4. The van der Waals surface area contributed by atoms with Crippen LogP contribution in [-0.4, -0.2) is 49.0 Å². The topological polar surface area (TPSA) is 89.9 Å². The molecular formula is C16H15FN6O2. The molecule has 1 amide bonds. The summed E-state index contributed by atoms with van der Waals surface area (Å²) in [6, 6.07) is 5.98. The van der Waals surface area contributed by atoms with Crippen LogP contribution in [0.3, 0.4) is 0 Å². The Morgan fingerprint density at radius 1 is 1.36 bits per heavy atom. The molecule has 25 heavy (non-hydrogen) atoms. The van der Waals surface area contributed by atoms with Crippen LogP contribution in [0.15, 0.2) is 35.0 Å². The molecule has 1 aromatic carbocycles. The van der Waals surface area contributed by atoms with E-state index >= 15 is 0 Å². The summed E-state index contributed by atoms with van der Waals surface area (Å²) >= 11 is 0. The zero-order chi connectivity index (χ0) is 17.4. The lowest BCUT2D eigenvalue weighted by Crippen LogP contribution is -2.29. The molecule has 1 atom stereocenters. The Labute approximate surface area is 142 Å².